The maximum Gasteiger partial charge on any atom is 0.0869 e. The van der Waals surface area contributed by atoms with Gasteiger partial charge in [0.15, 0.2) is 0 Å². The Kier molecular flexibility index (Phi) is 4.15. The van der Waals surface area contributed by atoms with E-state index in [0.717, 1.165) is 13.1 Å². The number of nitrogens with one attached hydrogen (secondary N) is 1. The first kappa shape index (κ1) is 14.9. The van der Waals surface area contributed by atoms with Gasteiger partial charge in [0.2, 0.25) is 0 Å². The first-order chi connectivity index (χ1) is 11.4. The van der Waals surface area contributed by atoms with Crippen molar-refractivity contribution in [2.45, 2.75) is 50.4 Å². The zero-order valence-electron chi connectivity index (χ0n) is 13.6. The SMILES string of the molecule is c1ccc(C2NCC3(CCCCC3)N2Cc2cccnc2)cc1. The van der Waals surface area contributed by atoms with E-state index in [9.17, 15) is 0 Å². The normalized spacial score (nSPS) is 24.1. The smallest absolute Gasteiger partial charge is 0.0869 e. The zero-order valence-corrected chi connectivity index (χ0v) is 13.6. The second-order valence-corrected chi connectivity index (χ2v) is 6.97. The van der Waals surface area contributed by atoms with Gasteiger partial charge in [-0.3, -0.25) is 15.2 Å². The van der Waals surface area contributed by atoms with Crippen molar-refractivity contribution < 1.29 is 0 Å². The van der Waals surface area contributed by atoms with Gasteiger partial charge in [-0.25, -0.2) is 0 Å². The highest BCUT2D eigenvalue weighted by molar-refractivity contribution is 5.23. The highest BCUT2D eigenvalue weighted by Gasteiger charge is 2.46. The van der Waals surface area contributed by atoms with Crippen molar-refractivity contribution >= 4 is 0 Å². The van der Waals surface area contributed by atoms with Crippen molar-refractivity contribution in [3.63, 3.8) is 0 Å². The Morgan fingerprint density at radius 2 is 1.87 bits per heavy atom. The molecule has 1 aliphatic heterocycles. The summed E-state index contributed by atoms with van der Waals surface area (Å²) in [5.41, 5.74) is 3.00. The van der Waals surface area contributed by atoms with E-state index >= 15 is 0 Å². The Bertz CT molecular complexity index is 620. The quantitative estimate of drug-likeness (QED) is 0.932. The minimum absolute atomic E-state index is 0.314. The van der Waals surface area contributed by atoms with Crippen molar-refractivity contribution in [3.8, 4) is 0 Å². The lowest BCUT2D eigenvalue weighted by Crippen LogP contribution is -2.47. The molecule has 2 heterocycles. The van der Waals surface area contributed by atoms with Crippen LogP contribution in [0, 0.1) is 0 Å². The van der Waals surface area contributed by atoms with Gasteiger partial charge < -0.3 is 0 Å². The third-order valence-corrected chi connectivity index (χ3v) is 5.52. The molecule has 1 aliphatic carbocycles. The molecule has 3 heteroatoms. The number of benzene rings is 1. The molecule has 0 radical (unpaired) electrons. The molecule has 2 fully saturated rings. The largest absolute Gasteiger partial charge is 0.296 e. The molecule has 1 atom stereocenters. The van der Waals surface area contributed by atoms with E-state index in [-0.39, 0.29) is 0 Å². The van der Waals surface area contributed by atoms with Crippen molar-refractivity contribution in [3.05, 3.63) is 66.0 Å². The second kappa shape index (κ2) is 6.42. The van der Waals surface area contributed by atoms with E-state index < -0.39 is 0 Å². The first-order valence-electron chi connectivity index (χ1n) is 8.81. The third kappa shape index (κ3) is 2.91. The van der Waals surface area contributed by atoms with E-state index in [2.05, 4.69) is 51.6 Å². The standard InChI is InChI=1S/C20H25N3/c1-3-9-18(10-4-1)19-22-16-20(11-5-2-6-12-20)23(19)15-17-8-7-13-21-14-17/h1,3-4,7-10,13-14,19,22H,2,5-6,11-12,15-16H2. The third-order valence-electron chi connectivity index (χ3n) is 5.52. The average Bonchev–Trinajstić information content (AvgIpc) is 2.95. The van der Waals surface area contributed by atoms with Gasteiger partial charge in [-0.15, -0.1) is 0 Å². The van der Waals surface area contributed by atoms with Gasteiger partial charge in [0, 0.05) is 31.0 Å². The van der Waals surface area contributed by atoms with Crippen LogP contribution in [-0.2, 0) is 6.54 Å². The number of aromatic nitrogens is 1. The Labute approximate surface area is 138 Å². The molecule has 1 aromatic heterocycles. The van der Waals surface area contributed by atoms with E-state index in [1.54, 1.807) is 0 Å². The summed E-state index contributed by atoms with van der Waals surface area (Å²) in [6.07, 6.45) is 10.9. The monoisotopic (exact) mass is 307 g/mol. The van der Waals surface area contributed by atoms with Crippen LogP contribution in [-0.4, -0.2) is 22.0 Å². The summed E-state index contributed by atoms with van der Waals surface area (Å²) in [5, 5.41) is 3.81. The molecule has 4 rings (SSSR count). The lowest BCUT2D eigenvalue weighted by molar-refractivity contribution is 0.0601. The lowest BCUT2D eigenvalue weighted by atomic mass is 9.81. The number of pyridine rings is 1. The Morgan fingerprint density at radius 1 is 1.04 bits per heavy atom. The predicted molar refractivity (Wildman–Crippen MR) is 92.8 cm³/mol. The van der Waals surface area contributed by atoms with Crippen molar-refractivity contribution in [2.24, 2.45) is 0 Å². The molecular weight excluding hydrogens is 282 g/mol. The molecule has 23 heavy (non-hydrogen) atoms. The Hall–Kier alpha value is -1.71. The van der Waals surface area contributed by atoms with Crippen LogP contribution in [0.4, 0.5) is 0 Å². The molecule has 1 N–H and O–H groups in total. The maximum atomic E-state index is 4.31. The summed E-state index contributed by atoms with van der Waals surface area (Å²) in [5.74, 6) is 0. The molecule has 0 bridgehead atoms. The van der Waals surface area contributed by atoms with E-state index in [1.807, 2.05) is 18.5 Å². The van der Waals surface area contributed by atoms with Gasteiger partial charge in [-0.05, 0) is 30.0 Å². The minimum atomic E-state index is 0.314. The fourth-order valence-corrected chi connectivity index (χ4v) is 4.33. The van der Waals surface area contributed by atoms with Crippen LogP contribution >= 0.6 is 0 Å². The molecule has 2 aromatic rings. The number of hydrogen-bond donors (Lipinski definition) is 1. The Morgan fingerprint density at radius 3 is 2.61 bits per heavy atom. The topological polar surface area (TPSA) is 28.2 Å². The molecule has 120 valence electrons. The van der Waals surface area contributed by atoms with E-state index in [4.69, 9.17) is 0 Å². The summed E-state index contributed by atoms with van der Waals surface area (Å²) < 4.78 is 0. The molecule has 1 unspecified atom stereocenters. The molecule has 1 saturated heterocycles. The van der Waals surface area contributed by atoms with E-state index in [1.165, 1.54) is 43.2 Å². The summed E-state index contributed by atoms with van der Waals surface area (Å²) in [4.78, 5) is 7.02. The number of nitrogens with zero attached hydrogens (tertiary/aromatic N) is 2. The van der Waals surface area contributed by atoms with Crippen LogP contribution in [0.25, 0.3) is 0 Å². The summed E-state index contributed by atoms with van der Waals surface area (Å²) in [6.45, 7) is 2.08. The molecular formula is C20H25N3. The summed E-state index contributed by atoms with van der Waals surface area (Å²) in [7, 11) is 0. The Balaban J connectivity index is 1.66. The van der Waals surface area contributed by atoms with Crippen molar-refractivity contribution in [1.29, 1.82) is 0 Å². The van der Waals surface area contributed by atoms with Crippen LogP contribution < -0.4 is 5.32 Å². The average molecular weight is 307 g/mol. The van der Waals surface area contributed by atoms with Gasteiger partial charge in [0.1, 0.15) is 0 Å². The molecule has 2 aliphatic rings. The molecule has 1 saturated carbocycles. The van der Waals surface area contributed by atoms with Crippen LogP contribution in [0.3, 0.4) is 0 Å². The maximum absolute atomic E-state index is 4.31. The molecule has 3 nitrogen and oxygen atoms in total. The van der Waals surface area contributed by atoms with Gasteiger partial charge in [0.05, 0.1) is 6.17 Å². The predicted octanol–water partition coefficient (Wildman–Crippen LogP) is 3.89. The summed E-state index contributed by atoms with van der Waals surface area (Å²) >= 11 is 0. The second-order valence-electron chi connectivity index (χ2n) is 6.97. The minimum Gasteiger partial charge on any atom is -0.296 e. The highest BCUT2D eigenvalue weighted by Crippen LogP contribution is 2.42. The molecule has 0 amide bonds. The number of rotatable bonds is 3. The van der Waals surface area contributed by atoms with E-state index in [0.29, 0.717) is 11.7 Å². The molecule has 1 spiro atoms. The van der Waals surface area contributed by atoms with Gasteiger partial charge in [0.25, 0.3) is 0 Å². The number of hydrogen-bond acceptors (Lipinski definition) is 3. The van der Waals surface area contributed by atoms with Gasteiger partial charge in [-0.1, -0.05) is 55.7 Å². The fourth-order valence-electron chi connectivity index (χ4n) is 4.33. The highest BCUT2D eigenvalue weighted by atomic mass is 15.4. The summed E-state index contributed by atoms with van der Waals surface area (Å²) in [6, 6.07) is 15.1. The van der Waals surface area contributed by atoms with Crippen molar-refractivity contribution in [2.75, 3.05) is 6.54 Å². The van der Waals surface area contributed by atoms with Crippen LogP contribution in [0.5, 0.6) is 0 Å². The van der Waals surface area contributed by atoms with Crippen LogP contribution in [0.15, 0.2) is 54.9 Å². The fraction of sp³-hybridized carbons (Fsp3) is 0.450. The van der Waals surface area contributed by atoms with Crippen LogP contribution in [0.1, 0.15) is 49.4 Å². The lowest BCUT2D eigenvalue weighted by Gasteiger charge is -2.43. The van der Waals surface area contributed by atoms with Gasteiger partial charge >= 0.3 is 0 Å². The van der Waals surface area contributed by atoms with Gasteiger partial charge in [-0.2, -0.15) is 0 Å². The van der Waals surface area contributed by atoms with Crippen molar-refractivity contribution in [1.82, 2.24) is 15.2 Å². The zero-order chi connectivity index (χ0) is 15.5. The first-order valence-corrected chi connectivity index (χ1v) is 8.81. The molecule has 1 aromatic carbocycles. The van der Waals surface area contributed by atoms with Crippen LogP contribution in [0.2, 0.25) is 0 Å².